The Bertz CT molecular complexity index is 521. The molecule has 0 heterocycles. The quantitative estimate of drug-likeness (QED) is 0.820. The van der Waals surface area contributed by atoms with Crippen LogP contribution in [-0.4, -0.2) is 30.6 Å². The second-order valence-electron chi connectivity index (χ2n) is 5.49. The van der Waals surface area contributed by atoms with Gasteiger partial charge in [-0.3, -0.25) is 0 Å². The fourth-order valence-corrected chi connectivity index (χ4v) is 2.33. The third-order valence-electron chi connectivity index (χ3n) is 3.53. The van der Waals surface area contributed by atoms with Crippen LogP contribution in [0.25, 0.3) is 0 Å². The second kappa shape index (κ2) is 7.21. The minimum Gasteiger partial charge on any atom is -0.377 e. The number of rotatable bonds is 6. The van der Waals surface area contributed by atoms with Crippen molar-refractivity contribution in [1.82, 2.24) is 4.90 Å². The number of hydrogen-bond acceptors (Lipinski definition) is 2. The highest BCUT2D eigenvalue weighted by molar-refractivity contribution is 5.40. The van der Waals surface area contributed by atoms with Crippen LogP contribution < -0.4 is 0 Å². The first kappa shape index (κ1) is 15.5. The molecule has 0 aliphatic rings. The van der Waals surface area contributed by atoms with Gasteiger partial charge >= 0.3 is 0 Å². The molecule has 0 saturated carbocycles. The molecule has 0 unspecified atom stereocenters. The molecule has 0 radical (unpaired) electrons. The molecule has 0 aliphatic heterocycles. The van der Waals surface area contributed by atoms with E-state index in [0.29, 0.717) is 0 Å². The Morgan fingerprint density at radius 1 is 0.905 bits per heavy atom. The van der Waals surface area contributed by atoms with Crippen LogP contribution in [0.5, 0.6) is 0 Å². The van der Waals surface area contributed by atoms with Crippen LogP contribution in [0.4, 0.5) is 0 Å². The van der Waals surface area contributed by atoms with Crippen LogP contribution in [0.15, 0.2) is 72.8 Å². The molecule has 0 spiro atoms. The normalized spacial score (nSPS) is 12.2. The first-order valence-electron chi connectivity index (χ1n) is 7.29. The van der Waals surface area contributed by atoms with Crippen LogP contribution in [0.3, 0.4) is 0 Å². The summed E-state index contributed by atoms with van der Waals surface area (Å²) in [6.45, 7) is 0.968. The molecule has 2 nitrogen and oxygen atoms in total. The molecule has 110 valence electrons. The van der Waals surface area contributed by atoms with Crippen molar-refractivity contribution in [1.29, 1.82) is 0 Å². The first-order valence-corrected chi connectivity index (χ1v) is 7.29. The summed E-state index contributed by atoms with van der Waals surface area (Å²) in [5.74, 6) is 0. The van der Waals surface area contributed by atoms with Crippen molar-refractivity contribution in [3.63, 3.8) is 0 Å². The molecule has 0 bridgehead atoms. The number of aliphatic hydroxyl groups is 1. The van der Waals surface area contributed by atoms with Crippen LogP contribution in [-0.2, 0) is 5.60 Å². The van der Waals surface area contributed by atoms with Crippen molar-refractivity contribution in [2.45, 2.75) is 12.0 Å². The van der Waals surface area contributed by atoms with Gasteiger partial charge in [-0.15, -0.1) is 0 Å². The molecule has 2 heteroatoms. The van der Waals surface area contributed by atoms with E-state index in [9.17, 15) is 5.11 Å². The van der Waals surface area contributed by atoms with E-state index in [1.807, 2.05) is 66.7 Å². The fourth-order valence-electron chi connectivity index (χ4n) is 2.33. The van der Waals surface area contributed by atoms with Gasteiger partial charge in [0, 0.05) is 6.54 Å². The Kier molecular flexibility index (Phi) is 5.32. The molecular weight excluding hydrogens is 258 g/mol. The lowest BCUT2D eigenvalue weighted by atomic mass is 9.86. The summed E-state index contributed by atoms with van der Waals surface area (Å²) in [6, 6.07) is 19.6. The summed E-state index contributed by atoms with van der Waals surface area (Å²) in [4.78, 5) is 2.13. The lowest BCUT2D eigenvalue weighted by Crippen LogP contribution is -2.24. The highest BCUT2D eigenvalue weighted by Crippen LogP contribution is 2.31. The molecule has 0 aliphatic carbocycles. The zero-order chi connectivity index (χ0) is 15.1. The molecule has 2 rings (SSSR count). The summed E-state index contributed by atoms with van der Waals surface area (Å²) < 4.78 is 0. The largest absolute Gasteiger partial charge is 0.377 e. The van der Waals surface area contributed by atoms with Crippen LogP contribution in [0, 0.1) is 0 Å². The van der Waals surface area contributed by atoms with Gasteiger partial charge in [-0.1, -0.05) is 66.7 Å². The van der Waals surface area contributed by atoms with Gasteiger partial charge in [-0.25, -0.2) is 0 Å². The van der Waals surface area contributed by atoms with E-state index in [1.165, 1.54) is 0 Å². The third-order valence-corrected chi connectivity index (χ3v) is 3.53. The highest BCUT2D eigenvalue weighted by atomic mass is 16.3. The molecule has 21 heavy (non-hydrogen) atoms. The van der Waals surface area contributed by atoms with Crippen molar-refractivity contribution in [3.05, 3.63) is 83.9 Å². The third kappa shape index (κ3) is 4.03. The first-order chi connectivity index (χ1) is 10.1. The van der Waals surface area contributed by atoms with E-state index in [-0.39, 0.29) is 0 Å². The highest BCUT2D eigenvalue weighted by Gasteiger charge is 2.27. The monoisotopic (exact) mass is 281 g/mol. The lowest BCUT2D eigenvalue weighted by Gasteiger charge is -2.26. The number of benzene rings is 2. The van der Waals surface area contributed by atoms with Gasteiger partial charge in [0.15, 0.2) is 0 Å². The smallest absolute Gasteiger partial charge is 0.133 e. The maximum atomic E-state index is 11.2. The van der Waals surface area contributed by atoms with Gasteiger partial charge in [-0.2, -0.15) is 0 Å². The molecule has 2 aromatic rings. The molecule has 1 N–H and O–H groups in total. The molecule has 0 fully saturated rings. The Balaban J connectivity index is 2.31. The van der Waals surface area contributed by atoms with Gasteiger partial charge in [0.1, 0.15) is 5.60 Å². The fraction of sp³-hybridized carbons (Fsp3) is 0.263. The molecule has 0 atom stereocenters. The van der Waals surface area contributed by atoms with E-state index in [1.54, 1.807) is 0 Å². The van der Waals surface area contributed by atoms with Crippen molar-refractivity contribution in [3.8, 4) is 0 Å². The van der Waals surface area contributed by atoms with Gasteiger partial charge in [0.2, 0.25) is 0 Å². The van der Waals surface area contributed by atoms with Gasteiger partial charge < -0.3 is 10.0 Å². The molecule has 0 saturated heterocycles. The molecule has 0 amide bonds. The van der Waals surface area contributed by atoms with Crippen molar-refractivity contribution < 1.29 is 5.11 Å². The Hall–Kier alpha value is -1.90. The van der Waals surface area contributed by atoms with E-state index in [0.717, 1.165) is 24.1 Å². The Morgan fingerprint density at radius 3 is 1.81 bits per heavy atom. The lowest BCUT2D eigenvalue weighted by molar-refractivity contribution is 0.134. The molecule has 2 aromatic carbocycles. The average molecular weight is 281 g/mol. The standard InChI is InChI=1S/C19H23NO/c1-20(2)16-10-9-15-19(21,17-11-5-3-6-12-17)18-13-7-4-8-14-18/h3-9,11-15,21H,10,16H2,1-2H3/b15-9-. The summed E-state index contributed by atoms with van der Waals surface area (Å²) in [5, 5.41) is 11.2. The summed E-state index contributed by atoms with van der Waals surface area (Å²) in [7, 11) is 4.10. The number of hydrogen-bond donors (Lipinski definition) is 1. The Morgan fingerprint density at radius 2 is 1.38 bits per heavy atom. The molecule has 0 aromatic heterocycles. The summed E-state index contributed by atoms with van der Waals surface area (Å²) >= 11 is 0. The van der Waals surface area contributed by atoms with Crippen LogP contribution >= 0.6 is 0 Å². The number of nitrogens with zero attached hydrogens (tertiary/aromatic N) is 1. The predicted molar refractivity (Wildman–Crippen MR) is 88.2 cm³/mol. The topological polar surface area (TPSA) is 23.5 Å². The Labute approximate surface area is 127 Å². The van der Waals surface area contributed by atoms with Gasteiger partial charge in [0.05, 0.1) is 0 Å². The summed E-state index contributed by atoms with van der Waals surface area (Å²) in [5.41, 5.74) is 0.698. The second-order valence-corrected chi connectivity index (χ2v) is 5.49. The molecular formula is C19H23NO. The van der Waals surface area contributed by atoms with E-state index >= 15 is 0 Å². The summed E-state index contributed by atoms with van der Waals surface area (Å²) in [6.07, 6.45) is 4.87. The average Bonchev–Trinajstić information content (AvgIpc) is 2.53. The van der Waals surface area contributed by atoms with Crippen LogP contribution in [0.2, 0.25) is 0 Å². The minimum absolute atomic E-state index is 0.886. The maximum Gasteiger partial charge on any atom is 0.133 e. The SMILES string of the molecule is CN(C)CC/C=C\C(O)(c1ccccc1)c1ccccc1. The zero-order valence-electron chi connectivity index (χ0n) is 12.7. The van der Waals surface area contributed by atoms with Gasteiger partial charge in [-0.05, 0) is 37.7 Å². The van der Waals surface area contributed by atoms with E-state index in [2.05, 4.69) is 25.1 Å². The van der Waals surface area contributed by atoms with E-state index < -0.39 is 5.60 Å². The van der Waals surface area contributed by atoms with Crippen molar-refractivity contribution in [2.75, 3.05) is 20.6 Å². The minimum atomic E-state index is -1.07. The van der Waals surface area contributed by atoms with Crippen molar-refractivity contribution >= 4 is 0 Å². The predicted octanol–water partition coefficient (Wildman–Crippen LogP) is 3.43. The van der Waals surface area contributed by atoms with E-state index in [4.69, 9.17) is 0 Å². The maximum absolute atomic E-state index is 11.2. The zero-order valence-corrected chi connectivity index (χ0v) is 12.7. The van der Waals surface area contributed by atoms with Gasteiger partial charge in [0.25, 0.3) is 0 Å². The van der Waals surface area contributed by atoms with Crippen molar-refractivity contribution in [2.24, 2.45) is 0 Å². The van der Waals surface area contributed by atoms with Crippen LogP contribution in [0.1, 0.15) is 17.5 Å².